The summed E-state index contributed by atoms with van der Waals surface area (Å²) < 4.78 is 26.5. The van der Waals surface area contributed by atoms with Gasteiger partial charge in [0.1, 0.15) is 4.90 Å². The molecule has 1 rings (SSSR count). The molecule has 0 aliphatic carbocycles. The van der Waals surface area contributed by atoms with Crippen LogP contribution in [0, 0.1) is 0 Å². The lowest BCUT2D eigenvalue weighted by atomic mass is 10.2. The first-order chi connectivity index (χ1) is 8.97. The molecule has 0 spiro atoms. The number of aliphatic hydroxyl groups is 1. The van der Waals surface area contributed by atoms with E-state index in [1.54, 1.807) is 6.07 Å². The first-order valence-electron chi connectivity index (χ1n) is 6.13. The van der Waals surface area contributed by atoms with Gasteiger partial charge in [-0.25, -0.2) is 13.1 Å². The van der Waals surface area contributed by atoms with Gasteiger partial charge in [-0.05, 0) is 31.0 Å². The predicted octanol–water partition coefficient (Wildman–Crippen LogP) is 1.75. The fraction of sp³-hybridized carbons (Fsp3) is 0.500. The van der Waals surface area contributed by atoms with Crippen molar-refractivity contribution in [3.8, 4) is 0 Å². The monoisotopic (exact) mass is 306 g/mol. The zero-order valence-electron chi connectivity index (χ0n) is 10.6. The topological polar surface area (TPSA) is 92.4 Å². The first kappa shape index (κ1) is 16.2. The summed E-state index contributed by atoms with van der Waals surface area (Å²) in [5.74, 6) is 0. The third-order valence-corrected chi connectivity index (χ3v) is 4.39. The van der Waals surface area contributed by atoms with Crippen molar-refractivity contribution >= 4 is 27.3 Å². The van der Waals surface area contributed by atoms with Gasteiger partial charge in [-0.15, -0.1) is 0 Å². The number of halogens is 1. The molecule has 19 heavy (non-hydrogen) atoms. The summed E-state index contributed by atoms with van der Waals surface area (Å²) in [6, 6.07) is 4.36. The smallest absolute Gasteiger partial charge is 0.242 e. The van der Waals surface area contributed by atoms with Crippen LogP contribution in [0.3, 0.4) is 0 Å². The molecule has 5 nitrogen and oxygen atoms in total. The molecule has 0 aliphatic heterocycles. The van der Waals surface area contributed by atoms with Crippen LogP contribution in [-0.2, 0) is 10.0 Å². The van der Waals surface area contributed by atoms with Crippen molar-refractivity contribution in [3.63, 3.8) is 0 Å². The molecule has 0 saturated carbocycles. The number of anilines is 1. The molecule has 1 aromatic rings. The Morgan fingerprint density at radius 2 is 1.89 bits per heavy atom. The van der Waals surface area contributed by atoms with E-state index >= 15 is 0 Å². The molecule has 0 amide bonds. The van der Waals surface area contributed by atoms with Gasteiger partial charge in [-0.2, -0.15) is 0 Å². The highest BCUT2D eigenvalue weighted by Gasteiger charge is 2.17. The van der Waals surface area contributed by atoms with Crippen molar-refractivity contribution in [1.29, 1.82) is 0 Å². The van der Waals surface area contributed by atoms with Gasteiger partial charge in [0, 0.05) is 18.2 Å². The molecule has 0 atom stereocenters. The van der Waals surface area contributed by atoms with Crippen LogP contribution in [-0.4, -0.2) is 26.7 Å². The van der Waals surface area contributed by atoms with Crippen molar-refractivity contribution in [3.05, 3.63) is 23.2 Å². The Kier molecular flexibility index (Phi) is 6.57. The van der Waals surface area contributed by atoms with E-state index in [4.69, 9.17) is 22.4 Å². The Hall–Kier alpha value is -0.820. The van der Waals surface area contributed by atoms with Crippen LogP contribution in [0.2, 0.25) is 5.02 Å². The van der Waals surface area contributed by atoms with Crippen LogP contribution < -0.4 is 10.5 Å². The Labute approximate surface area is 118 Å². The lowest BCUT2D eigenvalue weighted by Crippen LogP contribution is -2.25. The second-order valence-corrected chi connectivity index (χ2v) is 6.39. The van der Waals surface area contributed by atoms with Crippen LogP contribution >= 0.6 is 11.6 Å². The van der Waals surface area contributed by atoms with Crippen LogP contribution in [0.1, 0.15) is 25.7 Å². The molecule has 0 saturated heterocycles. The molecular weight excluding hydrogens is 288 g/mol. The predicted molar refractivity (Wildman–Crippen MR) is 76.6 cm³/mol. The number of unbranched alkanes of at least 4 members (excludes halogenated alkanes) is 3. The maximum atomic E-state index is 12.0. The lowest BCUT2D eigenvalue weighted by Gasteiger charge is -2.09. The number of hydrogen-bond acceptors (Lipinski definition) is 4. The Bertz CT molecular complexity index is 506. The van der Waals surface area contributed by atoms with E-state index in [1.165, 1.54) is 12.1 Å². The quantitative estimate of drug-likeness (QED) is 0.504. The molecule has 0 heterocycles. The first-order valence-corrected chi connectivity index (χ1v) is 7.99. The number of hydrogen-bond donors (Lipinski definition) is 3. The minimum absolute atomic E-state index is 0.00959. The molecule has 4 N–H and O–H groups in total. The Balaban J connectivity index is 2.54. The Morgan fingerprint density at radius 3 is 2.58 bits per heavy atom. The van der Waals surface area contributed by atoms with Crippen LogP contribution in [0.15, 0.2) is 23.1 Å². The number of aliphatic hydroxyl groups excluding tert-OH is 1. The summed E-state index contributed by atoms with van der Waals surface area (Å²) in [6.07, 6.45) is 3.22. The number of rotatable bonds is 8. The maximum absolute atomic E-state index is 12.0. The maximum Gasteiger partial charge on any atom is 0.242 e. The summed E-state index contributed by atoms with van der Waals surface area (Å²) in [5, 5.41) is 8.95. The molecule has 0 aromatic heterocycles. The summed E-state index contributed by atoms with van der Waals surface area (Å²) in [5.41, 5.74) is 5.82. The minimum Gasteiger partial charge on any atom is -0.398 e. The third-order valence-electron chi connectivity index (χ3n) is 2.64. The Morgan fingerprint density at radius 1 is 1.21 bits per heavy atom. The van der Waals surface area contributed by atoms with E-state index in [1.807, 2.05) is 0 Å². The summed E-state index contributed by atoms with van der Waals surface area (Å²) in [6.45, 7) is 0.518. The zero-order valence-corrected chi connectivity index (χ0v) is 12.2. The third kappa shape index (κ3) is 5.36. The summed E-state index contributed by atoms with van der Waals surface area (Å²) >= 11 is 5.77. The summed E-state index contributed by atoms with van der Waals surface area (Å²) in [7, 11) is -3.62. The van der Waals surface area contributed by atoms with Gasteiger partial charge in [-0.3, -0.25) is 0 Å². The van der Waals surface area contributed by atoms with E-state index in [-0.39, 0.29) is 17.2 Å². The zero-order chi connectivity index (χ0) is 14.3. The molecule has 0 aliphatic rings. The van der Waals surface area contributed by atoms with Crippen LogP contribution in [0.4, 0.5) is 5.69 Å². The summed E-state index contributed by atoms with van der Waals surface area (Å²) in [4.78, 5) is 0.00959. The van der Waals surface area contributed by atoms with Gasteiger partial charge < -0.3 is 10.8 Å². The molecule has 0 fully saturated rings. The second-order valence-electron chi connectivity index (χ2n) is 4.22. The lowest BCUT2D eigenvalue weighted by molar-refractivity contribution is 0.282. The van der Waals surface area contributed by atoms with Crippen molar-refractivity contribution in [2.24, 2.45) is 0 Å². The highest BCUT2D eigenvalue weighted by Crippen LogP contribution is 2.22. The molecule has 7 heteroatoms. The van der Waals surface area contributed by atoms with E-state index < -0.39 is 10.0 Å². The molecule has 0 radical (unpaired) electrons. The number of nitrogens with two attached hydrogens (primary N) is 1. The molecule has 108 valence electrons. The van der Waals surface area contributed by atoms with Gasteiger partial charge in [-0.1, -0.05) is 24.4 Å². The van der Waals surface area contributed by atoms with Crippen LogP contribution in [0.5, 0.6) is 0 Å². The average molecular weight is 307 g/mol. The molecule has 0 bridgehead atoms. The highest BCUT2D eigenvalue weighted by atomic mass is 35.5. The van der Waals surface area contributed by atoms with Crippen LogP contribution in [0.25, 0.3) is 0 Å². The fourth-order valence-corrected chi connectivity index (χ4v) is 3.08. The SMILES string of the molecule is Nc1ccc(Cl)cc1S(=O)(=O)NCCCCCCO. The number of sulfonamides is 1. The van der Waals surface area contributed by atoms with E-state index in [0.29, 0.717) is 11.6 Å². The highest BCUT2D eigenvalue weighted by molar-refractivity contribution is 7.89. The van der Waals surface area contributed by atoms with E-state index in [9.17, 15) is 8.42 Å². The average Bonchev–Trinajstić information content (AvgIpc) is 2.36. The number of nitrogens with one attached hydrogen (secondary N) is 1. The van der Waals surface area contributed by atoms with Gasteiger partial charge in [0.15, 0.2) is 0 Å². The van der Waals surface area contributed by atoms with Gasteiger partial charge >= 0.3 is 0 Å². The van der Waals surface area contributed by atoms with Gasteiger partial charge in [0.2, 0.25) is 10.0 Å². The van der Waals surface area contributed by atoms with Gasteiger partial charge in [0.25, 0.3) is 0 Å². The van der Waals surface area contributed by atoms with Crippen molar-refractivity contribution in [2.75, 3.05) is 18.9 Å². The molecule has 1 aromatic carbocycles. The second kappa shape index (κ2) is 7.69. The fourth-order valence-electron chi connectivity index (χ4n) is 1.62. The van der Waals surface area contributed by atoms with Crippen molar-refractivity contribution in [2.45, 2.75) is 30.6 Å². The minimum atomic E-state index is -3.62. The van der Waals surface area contributed by atoms with Crippen molar-refractivity contribution in [1.82, 2.24) is 4.72 Å². The van der Waals surface area contributed by atoms with Gasteiger partial charge in [0.05, 0.1) is 5.69 Å². The normalized spacial score (nSPS) is 11.7. The number of benzene rings is 1. The van der Waals surface area contributed by atoms with E-state index in [2.05, 4.69) is 4.72 Å². The standard InChI is InChI=1S/C12H19ClN2O3S/c13-10-5-6-11(14)12(9-10)19(17,18)15-7-3-1-2-4-8-16/h5-6,9,15-16H,1-4,7-8,14H2. The number of nitrogen functional groups attached to an aromatic ring is 1. The van der Waals surface area contributed by atoms with Crippen molar-refractivity contribution < 1.29 is 13.5 Å². The largest absolute Gasteiger partial charge is 0.398 e. The molecule has 0 unspecified atom stereocenters. The van der Waals surface area contributed by atoms with E-state index in [0.717, 1.165) is 25.7 Å². The molecular formula is C12H19ClN2O3S.